The number of rotatable bonds is 3. The Hall–Kier alpha value is -0.800. The van der Waals surface area contributed by atoms with Crippen molar-refractivity contribution in [3.05, 3.63) is 23.7 Å². The van der Waals surface area contributed by atoms with E-state index in [1.165, 1.54) is 0 Å². The van der Waals surface area contributed by atoms with Crippen molar-refractivity contribution in [2.75, 3.05) is 13.1 Å². The maximum atomic E-state index is 5.75. The summed E-state index contributed by atoms with van der Waals surface area (Å²) in [7, 11) is 0. The second-order valence-corrected chi connectivity index (χ2v) is 3.77. The van der Waals surface area contributed by atoms with Gasteiger partial charge in [-0.3, -0.25) is 0 Å². The first-order valence-corrected chi connectivity index (χ1v) is 5.22. The van der Waals surface area contributed by atoms with Crippen LogP contribution in [0.15, 0.2) is 16.5 Å². The lowest BCUT2D eigenvalue weighted by Crippen LogP contribution is -2.32. The number of aryl methyl sites for hydroxylation is 1. The lowest BCUT2D eigenvalue weighted by molar-refractivity contribution is 0.0126. The van der Waals surface area contributed by atoms with E-state index in [1.54, 1.807) is 0 Å². The molecule has 2 rings (SSSR count). The Bertz CT molecular complexity index is 277. The molecule has 0 unspecified atom stereocenters. The zero-order chi connectivity index (χ0) is 9.80. The molecule has 0 radical (unpaired) electrons. The van der Waals surface area contributed by atoms with E-state index < -0.39 is 0 Å². The first-order valence-electron chi connectivity index (χ1n) is 5.22. The lowest BCUT2D eigenvalue weighted by Gasteiger charge is -2.22. The van der Waals surface area contributed by atoms with Gasteiger partial charge in [0, 0.05) is 0 Å². The summed E-state index contributed by atoms with van der Waals surface area (Å²) in [4.78, 5) is 0. The van der Waals surface area contributed by atoms with Gasteiger partial charge in [0.15, 0.2) is 0 Å². The van der Waals surface area contributed by atoms with E-state index in [0.29, 0.717) is 12.7 Å². The van der Waals surface area contributed by atoms with Gasteiger partial charge in [0.1, 0.15) is 18.1 Å². The second kappa shape index (κ2) is 4.62. The van der Waals surface area contributed by atoms with Crippen LogP contribution in [0.4, 0.5) is 0 Å². The van der Waals surface area contributed by atoms with E-state index in [4.69, 9.17) is 9.15 Å². The number of hydrogen-bond acceptors (Lipinski definition) is 3. The van der Waals surface area contributed by atoms with Gasteiger partial charge in [0.05, 0.1) is 6.10 Å². The van der Waals surface area contributed by atoms with E-state index in [1.807, 2.05) is 19.1 Å². The summed E-state index contributed by atoms with van der Waals surface area (Å²) in [5, 5.41) is 3.31. The van der Waals surface area contributed by atoms with Crippen molar-refractivity contribution in [1.82, 2.24) is 5.32 Å². The van der Waals surface area contributed by atoms with Crippen LogP contribution < -0.4 is 5.32 Å². The molecule has 0 spiro atoms. The molecule has 0 aromatic carbocycles. The van der Waals surface area contributed by atoms with Crippen LogP contribution in [0.3, 0.4) is 0 Å². The van der Waals surface area contributed by atoms with Crippen molar-refractivity contribution < 1.29 is 9.15 Å². The van der Waals surface area contributed by atoms with Crippen molar-refractivity contribution in [3.63, 3.8) is 0 Å². The van der Waals surface area contributed by atoms with Crippen LogP contribution in [0.25, 0.3) is 0 Å². The molecule has 0 amide bonds. The molecule has 0 saturated carbocycles. The van der Waals surface area contributed by atoms with E-state index >= 15 is 0 Å². The van der Waals surface area contributed by atoms with Crippen LogP contribution in [-0.4, -0.2) is 19.2 Å². The fraction of sp³-hybridized carbons (Fsp3) is 0.636. The highest BCUT2D eigenvalue weighted by Crippen LogP contribution is 2.12. The average Bonchev–Trinajstić information content (AvgIpc) is 2.63. The Morgan fingerprint density at radius 1 is 1.43 bits per heavy atom. The largest absolute Gasteiger partial charge is 0.464 e. The molecule has 3 heteroatoms. The van der Waals surface area contributed by atoms with E-state index in [0.717, 1.165) is 37.5 Å². The van der Waals surface area contributed by atoms with Crippen molar-refractivity contribution >= 4 is 0 Å². The Kier molecular flexibility index (Phi) is 3.22. The number of ether oxygens (including phenoxy) is 1. The van der Waals surface area contributed by atoms with Crippen LogP contribution in [0.5, 0.6) is 0 Å². The third kappa shape index (κ3) is 2.59. The molecule has 1 aliphatic rings. The molecule has 0 bridgehead atoms. The summed E-state index contributed by atoms with van der Waals surface area (Å²) >= 11 is 0. The number of piperidine rings is 1. The van der Waals surface area contributed by atoms with Crippen LogP contribution in [0.1, 0.15) is 24.4 Å². The Morgan fingerprint density at radius 2 is 2.21 bits per heavy atom. The normalized spacial score (nSPS) is 18.6. The summed E-state index contributed by atoms with van der Waals surface area (Å²) in [6.07, 6.45) is 2.63. The highest BCUT2D eigenvalue weighted by atomic mass is 16.5. The van der Waals surface area contributed by atoms with Crippen molar-refractivity contribution in [2.45, 2.75) is 32.5 Å². The number of nitrogens with one attached hydrogen (secondary N) is 1. The van der Waals surface area contributed by atoms with Gasteiger partial charge < -0.3 is 14.5 Å². The average molecular weight is 195 g/mol. The molecule has 3 nitrogen and oxygen atoms in total. The summed E-state index contributed by atoms with van der Waals surface area (Å²) in [6.45, 7) is 4.70. The Morgan fingerprint density at radius 3 is 2.86 bits per heavy atom. The predicted molar refractivity (Wildman–Crippen MR) is 54.1 cm³/mol. The van der Waals surface area contributed by atoms with Gasteiger partial charge in [-0.25, -0.2) is 0 Å². The zero-order valence-electron chi connectivity index (χ0n) is 8.58. The smallest absolute Gasteiger partial charge is 0.129 e. The zero-order valence-corrected chi connectivity index (χ0v) is 8.58. The van der Waals surface area contributed by atoms with Gasteiger partial charge in [0.2, 0.25) is 0 Å². The molecule has 78 valence electrons. The molecule has 1 aromatic rings. The molecule has 0 atom stereocenters. The highest BCUT2D eigenvalue weighted by Gasteiger charge is 2.13. The minimum Gasteiger partial charge on any atom is -0.464 e. The van der Waals surface area contributed by atoms with E-state index in [9.17, 15) is 0 Å². The standard InChI is InChI=1S/C11H17NO2/c1-9-2-3-11(14-9)8-13-10-4-6-12-7-5-10/h2-3,10,12H,4-8H2,1H3. The second-order valence-electron chi connectivity index (χ2n) is 3.77. The molecular formula is C11H17NO2. The molecule has 1 aromatic heterocycles. The lowest BCUT2D eigenvalue weighted by atomic mass is 10.1. The quantitative estimate of drug-likeness (QED) is 0.799. The van der Waals surface area contributed by atoms with Gasteiger partial charge >= 0.3 is 0 Å². The predicted octanol–water partition coefficient (Wildman–Crippen LogP) is 1.86. The summed E-state index contributed by atoms with van der Waals surface area (Å²) in [5.41, 5.74) is 0. The minimum absolute atomic E-state index is 0.404. The van der Waals surface area contributed by atoms with Crippen LogP contribution in [-0.2, 0) is 11.3 Å². The van der Waals surface area contributed by atoms with Gasteiger partial charge in [-0.15, -0.1) is 0 Å². The molecule has 1 saturated heterocycles. The fourth-order valence-electron chi connectivity index (χ4n) is 1.72. The van der Waals surface area contributed by atoms with E-state index in [2.05, 4.69) is 5.32 Å². The summed E-state index contributed by atoms with van der Waals surface area (Å²) in [5.74, 6) is 1.88. The molecule has 1 aliphatic heterocycles. The summed E-state index contributed by atoms with van der Waals surface area (Å²) in [6, 6.07) is 3.96. The fourth-order valence-corrected chi connectivity index (χ4v) is 1.72. The maximum Gasteiger partial charge on any atom is 0.129 e. The molecule has 2 heterocycles. The highest BCUT2D eigenvalue weighted by molar-refractivity contribution is 5.04. The number of hydrogen-bond donors (Lipinski definition) is 1. The van der Waals surface area contributed by atoms with Gasteiger partial charge in [-0.05, 0) is 45.0 Å². The van der Waals surface area contributed by atoms with Gasteiger partial charge in [-0.2, -0.15) is 0 Å². The monoisotopic (exact) mass is 195 g/mol. The Labute approximate surface area is 84.4 Å². The van der Waals surface area contributed by atoms with E-state index in [-0.39, 0.29) is 0 Å². The Balaban J connectivity index is 1.76. The van der Waals surface area contributed by atoms with Crippen LogP contribution in [0.2, 0.25) is 0 Å². The topological polar surface area (TPSA) is 34.4 Å². The molecule has 1 N–H and O–H groups in total. The minimum atomic E-state index is 0.404. The first-order chi connectivity index (χ1) is 6.84. The van der Waals surface area contributed by atoms with Crippen molar-refractivity contribution in [1.29, 1.82) is 0 Å². The third-order valence-electron chi connectivity index (χ3n) is 2.54. The first kappa shape index (κ1) is 9.74. The number of furan rings is 1. The molecule has 0 aliphatic carbocycles. The maximum absolute atomic E-state index is 5.75. The SMILES string of the molecule is Cc1ccc(COC2CCNCC2)o1. The van der Waals surface area contributed by atoms with Crippen molar-refractivity contribution in [3.8, 4) is 0 Å². The summed E-state index contributed by atoms with van der Waals surface area (Å²) < 4.78 is 11.2. The van der Waals surface area contributed by atoms with Gasteiger partial charge in [-0.1, -0.05) is 0 Å². The molecular weight excluding hydrogens is 178 g/mol. The van der Waals surface area contributed by atoms with Gasteiger partial charge in [0.25, 0.3) is 0 Å². The van der Waals surface area contributed by atoms with Crippen molar-refractivity contribution in [2.24, 2.45) is 0 Å². The molecule has 1 fully saturated rings. The van der Waals surface area contributed by atoms with Crippen LogP contribution >= 0.6 is 0 Å². The van der Waals surface area contributed by atoms with Crippen LogP contribution in [0, 0.1) is 6.92 Å². The third-order valence-corrected chi connectivity index (χ3v) is 2.54. The molecule has 14 heavy (non-hydrogen) atoms.